The Labute approximate surface area is 233 Å². The van der Waals surface area contributed by atoms with E-state index in [2.05, 4.69) is 15.3 Å². The molecule has 1 unspecified atom stereocenters. The Kier molecular flexibility index (Phi) is 6.79. The first kappa shape index (κ1) is 25.4. The molecule has 1 aliphatic rings. The molecule has 2 aromatic heterocycles. The van der Waals surface area contributed by atoms with Gasteiger partial charge in [-0.25, -0.2) is 14.5 Å². The van der Waals surface area contributed by atoms with Gasteiger partial charge < -0.3 is 4.74 Å². The van der Waals surface area contributed by atoms with E-state index in [0.29, 0.717) is 20.6 Å². The van der Waals surface area contributed by atoms with Crippen molar-refractivity contribution in [2.24, 2.45) is 4.99 Å². The van der Waals surface area contributed by atoms with Gasteiger partial charge in [0.05, 0.1) is 40.3 Å². The highest BCUT2D eigenvalue weighted by Gasteiger charge is 2.33. The minimum atomic E-state index is -0.618. The summed E-state index contributed by atoms with van der Waals surface area (Å²) in [5.74, 6) is -0.467. The predicted octanol–water partition coefficient (Wildman–Crippen LogP) is 4.05. The Morgan fingerprint density at radius 2 is 1.70 bits per heavy atom. The highest BCUT2D eigenvalue weighted by atomic mass is 32.1. The first-order valence-corrected chi connectivity index (χ1v) is 13.7. The monoisotopic (exact) mass is 547 g/mol. The molecule has 0 spiro atoms. The van der Waals surface area contributed by atoms with Crippen molar-refractivity contribution in [2.45, 2.75) is 19.9 Å². The van der Waals surface area contributed by atoms with Crippen LogP contribution < -0.4 is 14.9 Å². The van der Waals surface area contributed by atoms with Crippen LogP contribution >= 0.6 is 11.3 Å². The summed E-state index contributed by atoms with van der Waals surface area (Å²) in [6.07, 6.45) is 3.73. The number of thiazole rings is 1. The molecule has 0 N–H and O–H groups in total. The van der Waals surface area contributed by atoms with E-state index in [-0.39, 0.29) is 12.2 Å². The molecule has 0 amide bonds. The molecule has 0 aliphatic carbocycles. The Bertz CT molecular complexity index is 1900. The Morgan fingerprint density at radius 1 is 1.00 bits per heavy atom. The summed E-state index contributed by atoms with van der Waals surface area (Å²) in [4.78, 5) is 31.9. The Morgan fingerprint density at radius 3 is 2.40 bits per heavy atom. The summed E-state index contributed by atoms with van der Waals surface area (Å²) in [7, 11) is 0. The van der Waals surface area contributed by atoms with E-state index >= 15 is 0 Å². The summed E-state index contributed by atoms with van der Waals surface area (Å²) < 4.78 is 9.19. The van der Waals surface area contributed by atoms with E-state index in [1.54, 1.807) is 23.1 Å². The number of ether oxygens (including phenoxy) is 1. The third-order valence-electron chi connectivity index (χ3n) is 6.65. The van der Waals surface area contributed by atoms with E-state index in [4.69, 9.17) is 4.74 Å². The van der Waals surface area contributed by atoms with Crippen LogP contribution in [0.5, 0.6) is 0 Å². The van der Waals surface area contributed by atoms with Crippen molar-refractivity contribution in [2.75, 3.05) is 6.61 Å². The quantitative estimate of drug-likeness (QED) is 0.299. The van der Waals surface area contributed by atoms with Crippen LogP contribution in [0.3, 0.4) is 0 Å². The maximum atomic E-state index is 13.7. The van der Waals surface area contributed by atoms with Gasteiger partial charge in [-0.1, -0.05) is 89.3 Å². The Hall–Kier alpha value is -4.89. The summed E-state index contributed by atoms with van der Waals surface area (Å²) >= 11 is 1.30. The van der Waals surface area contributed by atoms with Gasteiger partial charge in [-0.3, -0.25) is 9.36 Å². The molecule has 6 rings (SSSR count). The van der Waals surface area contributed by atoms with Gasteiger partial charge >= 0.3 is 5.97 Å². The van der Waals surface area contributed by atoms with Crippen molar-refractivity contribution >= 4 is 23.4 Å². The van der Waals surface area contributed by atoms with Gasteiger partial charge in [-0.2, -0.15) is 0 Å². The van der Waals surface area contributed by atoms with Gasteiger partial charge in [-0.15, -0.1) is 5.10 Å². The molecule has 1 aliphatic heterocycles. The third-order valence-corrected chi connectivity index (χ3v) is 7.63. The van der Waals surface area contributed by atoms with E-state index in [0.717, 1.165) is 28.1 Å². The van der Waals surface area contributed by atoms with Crippen LogP contribution in [0.15, 0.2) is 112 Å². The standard InChI is InChI=1S/C31H25N5O3S/c1-3-39-30(38)27-20(2)32-31-36(28(27)23-12-8-5-9-13-23)29(37)26(40-31)18-21-14-16-24(17-15-21)35-19-25(33-34-35)22-10-6-4-7-11-22/h4-19,28H,3H2,1-2H3/b26-18-. The fourth-order valence-corrected chi connectivity index (χ4v) is 5.79. The lowest BCUT2D eigenvalue weighted by Gasteiger charge is -2.24. The third kappa shape index (κ3) is 4.71. The topological polar surface area (TPSA) is 91.4 Å². The molecule has 198 valence electrons. The van der Waals surface area contributed by atoms with Crippen LogP contribution in [0.25, 0.3) is 23.0 Å². The fourth-order valence-electron chi connectivity index (χ4n) is 4.75. The van der Waals surface area contributed by atoms with Crippen molar-refractivity contribution < 1.29 is 9.53 Å². The number of esters is 1. The number of rotatable bonds is 6. The number of nitrogens with zero attached hydrogens (tertiary/aromatic N) is 5. The average Bonchev–Trinajstić information content (AvgIpc) is 3.59. The molecule has 0 saturated heterocycles. The molecule has 1 atom stereocenters. The van der Waals surface area contributed by atoms with Crippen LogP contribution in [0.4, 0.5) is 0 Å². The molecule has 5 aromatic rings. The van der Waals surface area contributed by atoms with Crippen LogP contribution in [0.2, 0.25) is 0 Å². The van der Waals surface area contributed by atoms with Crippen molar-refractivity contribution in [3.8, 4) is 16.9 Å². The smallest absolute Gasteiger partial charge is 0.338 e. The van der Waals surface area contributed by atoms with Gasteiger partial charge in [0.2, 0.25) is 0 Å². The number of allylic oxidation sites excluding steroid dienone is 1. The van der Waals surface area contributed by atoms with Crippen molar-refractivity contribution in [3.05, 3.63) is 133 Å². The summed E-state index contributed by atoms with van der Waals surface area (Å²) in [6.45, 7) is 3.78. The van der Waals surface area contributed by atoms with E-state index < -0.39 is 12.0 Å². The predicted molar refractivity (Wildman–Crippen MR) is 154 cm³/mol. The zero-order chi connectivity index (χ0) is 27.6. The van der Waals surface area contributed by atoms with Gasteiger partial charge in [0.1, 0.15) is 5.69 Å². The Balaban J connectivity index is 1.37. The SMILES string of the molecule is CCOC(=O)C1=C(C)N=c2s/c(=C\c3ccc(-n4cc(-c5ccccc5)nn4)cc3)c(=O)n2C1c1ccccc1. The summed E-state index contributed by atoms with van der Waals surface area (Å²) in [6, 6.07) is 26.5. The second kappa shape index (κ2) is 10.7. The molecule has 0 radical (unpaired) electrons. The second-order valence-corrected chi connectivity index (χ2v) is 10.2. The average molecular weight is 548 g/mol. The van der Waals surface area contributed by atoms with E-state index in [9.17, 15) is 9.59 Å². The maximum absolute atomic E-state index is 13.7. The molecule has 0 fully saturated rings. The molecule has 40 heavy (non-hydrogen) atoms. The molecule has 3 heterocycles. The first-order chi connectivity index (χ1) is 19.5. The van der Waals surface area contributed by atoms with Gasteiger partial charge in [-0.05, 0) is 43.2 Å². The second-order valence-electron chi connectivity index (χ2n) is 9.22. The van der Waals surface area contributed by atoms with Crippen LogP contribution in [-0.2, 0) is 9.53 Å². The molecule has 0 bridgehead atoms. The first-order valence-electron chi connectivity index (χ1n) is 12.9. The van der Waals surface area contributed by atoms with Crippen LogP contribution in [-0.4, -0.2) is 32.1 Å². The van der Waals surface area contributed by atoms with Crippen LogP contribution in [0.1, 0.15) is 31.0 Å². The van der Waals surface area contributed by atoms with E-state index in [1.165, 1.54) is 11.3 Å². The summed E-state index contributed by atoms with van der Waals surface area (Å²) in [5.41, 5.74) is 5.03. The lowest BCUT2D eigenvalue weighted by molar-refractivity contribution is -0.139. The normalized spacial score (nSPS) is 15.1. The molecule has 0 saturated carbocycles. The van der Waals surface area contributed by atoms with Crippen molar-refractivity contribution in [1.29, 1.82) is 0 Å². The highest BCUT2D eigenvalue weighted by Crippen LogP contribution is 2.30. The molecular weight excluding hydrogens is 522 g/mol. The minimum absolute atomic E-state index is 0.209. The zero-order valence-corrected chi connectivity index (χ0v) is 22.7. The maximum Gasteiger partial charge on any atom is 0.338 e. The molecule has 9 heteroatoms. The number of fused-ring (bicyclic) bond motifs is 1. The fraction of sp³-hybridized carbons (Fsp3) is 0.129. The lowest BCUT2D eigenvalue weighted by atomic mass is 9.96. The number of hydrogen-bond donors (Lipinski definition) is 0. The van der Waals surface area contributed by atoms with Gasteiger partial charge in [0, 0.05) is 5.56 Å². The molecule has 3 aromatic carbocycles. The lowest BCUT2D eigenvalue weighted by Crippen LogP contribution is -2.39. The van der Waals surface area contributed by atoms with Crippen LogP contribution in [0, 0.1) is 0 Å². The number of aromatic nitrogens is 4. The number of carbonyl (C=O) groups is 1. The van der Waals surface area contributed by atoms with Crippen molar-refractivity contribution in [1.82, 2.24) is 19.6 Å². The number of benzene rings is 3. The largest absolute Gasteiger partial charge is 0.463 e. The number of carbonyl (C=O) groups excluding carboxylic acids is 1. The molecule has 8 nitrogen and oxygen atoms in total. The van der Waals surface area contributed by atoms with Gasteiger partial charge in [0.15, 0.2) is 4.80 Å². The molecular formula is C31H25N5O3S. The van der Waals surface area contributed by atoms with E-state index in [1.807, 2.05) is 97.2 Å². The zero-order valence-electron chi connectivity index (χ0n) is 21.9. The summed E-state index contributed by atoms with van der Waals surface area (Å²) in [5, 5.41) is 8.55. The highest BCUT2D eigenvalue weighted by molar-refractivity contribution is 7.07. The minimum Gasteiger partial charge on any atom is -0.463 e. The van der Waals surface area contributed by atoms with Crippen molar-refractivity contribution in [3.63, 3.8) is 0 Å². The number of hydrogen-bond acceptors (Lipinski definition) is 7. The van der Waals surface area contributed by atoms with Gasteiger partial charge in [0.25, 0.3) is 5.56 Å².